The van der Waals surface area contributed by atoms with Gasteiger partial charge in [-0.25, -0.2) is 4.79 Å². The monoisotopic (exact) mass is 357 g/mol. The van der Waals surface area contributed by atoms with Crippen molar-refractivity contribution >= 4 is 35.1 Å². The summed E-state index contributed by atoms with van der Waals surface area (Å²) in [6, 6.07) is 4.33. The lowest BCUT2D eigenvalue weighted by Crippen LogP contribution is -3.11. The van der Waals surface area contributed by atoms with Crippen molar-refractivity contribution in [3.63, 3.8) is 0 Å². The second-order valence-electron chi connectivity index (χ2n) is 5.11. The lowest BCUT2D eigenvalue weighted by atomic mass is 10.3. The number of amides is 4. The van der Waals surface area contributed by atoms with E-state index >= 15 is 0 Å². The van der Waals surface area contributed by atoms with Gasteiger partial charge in [0, 0.05) is 11.6 Å². The summed E-state index contributed by atoms with van der Waals surface area (Å²) in [6.45, 7) is 2.19. The predicted octanol–water partition coefficient (Wildman–Crippen LogP) is -0.352. The van der Waals surface area contributed by atoms with Crippen LogP contribution in [0.4, 0.5) is 10.5 Å². The third kappa shape index (κ3) is 6.84. The maximum atomic E-state index is 12.1. The topological polar surface area (TPSA) is 101 Å². The minimum Gasteiger partial charge on any atom is -0.495 e. The fourth-order valence-electron chi connectivity index (χ4n) is 1.96. The molecule has 0 fully saturated rings. The maximum absolute atomic E-state index is 12.1. The van der Waals surface area contributed by atoms with Crippen LogP contribution in [0.1, 0.15) is 6.92 Å². The zero-order valence-corrected chi connectivity index (χ0v) is 14.6. The first-order valence-electron chi connectivity index (χ1n) is 7.38. The number of halogens is 1. The second-order valence-corrected chi connectivity index (χ2v) is 5.55. The molecule has 1 aromatic rings. The summed E-state index contributed by atoms with van der Waals surface area (Å²) in [6.07, 6.45) is 0. The molecule has 132 valence electrons. The molecule has 0 bridgehead atoms. The molecule has 0 aliphatic heterocycles. The molecule has 0 aromatic heterocycles. The van der Waals surface area contributed by atoms with Crippen molar-refractivity contribution in [2.45, 2.75) is 6.92 Å². The number of carbonyl (C=O) groups excluding carboxylic acids is 3. The average molecular weight is 358 g/mol. The van der Waals surface area contributed by atoms with Gasteiger partial charge >= 0.3 is 6.03 Å². The number of carbonyl (C=O) groups is 3. The molecule has 1 unspecified atom stereocenters. The van der Waals surface area contributed by atoms with E-state index in [0.29, 0.717) is 27.9 Å². The molecule has 1 aromatic carbocycles. The fourth-order valence-corrected chi connectivity index (χ4v) is 2.13. The van der Waals surface area contributed by atoms with Gasteiger partial charge in [0.1, 0.15) is 5.75 Å². The molecule has 4 N–H and O–H groups in total. The van der Waals surface area contributed by atoms with E-state index in [1.807, 2.05) is 0 Å². The van der Waals surface area contributed by atoms with Crippen LogP contribution in [0, 0.1) is 0 Å². The van der Waals surface area contributed by atoms with Gasteiger partial charge in [-0.2, -0.15) is 0 Å². The van der Waals surface area contributed by atoms with Crippen LogP contribution in [0.25, 0.3) is 0 Å². The van der Waals surface area contributed by atoms with Gasteiger partial charge in [-0.05, 0) is 25.1 Å². The summed E-state index contributed by atoms with van der Waals surface area (Å²) in [5, 5.41) is 7.79. The van der Waals surface area contributed by atoms with Crippen molar-refractivity contribution in [1.29, 1.82) is 0 Å². The SMILES string of the molecule is CCNC(=O)NC(=O)C[NH+](C)CC(=O)Nc1cc(Cl)ccc1OC. The summed E-state index contributed by atoms with van der Waals surface area (Å²) >= 11 is 5.90. The Morgan fingerprint density at radius 2 is 1.88 bits per heavy atom. The summed E-state index contributed by atoms with van der Waals surface area (Å²) in [5.74, 6) is -0.287. The smallest absolute Gasteiger partial charge is 0.321 e. The van der Waals surface area contributed by atoms with Gasteiger partial charge in [0.25, 0.3) is 11.8 Å². The van der Waals surface area contributed by atoms with Crippen LogP contribution in [0.5, 0.6) is 5.75 Å². The highest BCUT2D eigenvalue weighted by atomic mass is 35.5. The van der Waals surface area contributed by atoms with Crippen LogP contribution in [0.15, 0.2) is 18.2 Å². The highest BCUT2D eigenvalue weighted by molar-refractivity contribution is 6.31. The van der Waals surface area contributed by atoms with Gasteiger partial charge in [0.2, 0.25) is 0 Å². The van der Waals surface area contributed by atoms with Crippen molar-refractivity contribution in [2.24, 2.45) is 0 Å². The Balaban J connectivity index is 2.51. The standard InChI is InChI=1S/C15H21ClN4O4/c1-4-17-15(23)19-14(22)9-20(2)8-13(21)18-11-7-10(16)5-6-12(11)24-3/h5-7H,4,8-9H2,1-3H3,(H,18,21)(H2,17,19,22,23)/p+1. The number of urea groups is 1. The minimum atomic E-state index is -0.552. The van der Waals surface area contributed by atoms with E-state index in [1.54, 1.807) is 32.2 Å². The van der Waals surface area contributed by atoms with Crippen LogP contribution >= 0.6 is 11.6 Å². The Labute approximate surface area is 145 Å². The Bertz CT molecular complexity index is 609. The zero-order valence-electron chi connectivity index (χ0n) is 13.9. The van der Waals surface area contributed by atoms with Crippen LogP contribution in [0.3, 0.4) is 0 Å². The lowest BCUT2D eigenvalue weighted by Gasteiger charge is -2.14. The van der Waals surface area contributed by atoms with E-state index in [4.69, 9.17) is 16.3 Å². The molecule has 0 radical (unpaired) electrons. The molecule has 9 heteroatoms. The second kappa shape index (κ2) is 9.74. The van der Waals surface area contributed by atoms with Gasteiger partial charge in [0.15, 0.2) is 13.1 Å². The molecular formula is C15H22ClN4O4+. The average Bonchev–Trinajstić information content (AvgIpc) is 2.46. The van der Waals surface area contributed by atoms with Crippen LogP contribution in [0.2, 0.25) is 5.02 Å². The van der Waals surface area contributed by atoms with Crippen molar-refractivity contribution < 1.29 is 24.0 Å². The minimum absolute atomic E-state index is 0.0166. The molecule has 0 spiro atoms. The van der Waals surface area contributed by atoms with Gasteiger partial charge < -0.3 is 20.3 Å². The number of ether oxygens (including phenoxy) is 1. The van der Waals surface area contributed by atoms with E-state index in [2.05, 4.69) is 16.0 Å². The number of rotatable bonds is 7. The summed E-state index contributed by atoms with van der Waals surface area (Å²) in [4.78, 5) is 35.6. The van der Waals surface area contributed by atoms with E-state index in [9.17, 15) is 14.4 Å². The number of nitrogens with one attached hydrogen (secondary N) is 4. The summed E-state index contributed by atoms with van der Waals surface area (Å²) in [5.41, 5.74) is 0.453. The summed E-state index contributed by atoms with van der Waals surface area (Å²) < 4.78 is 5.15. The number of likely N-dealkylation sites (N-methyl/N-ethyl adjacent to an activating group) is 1. The normalized spacial score (nSPS) is 11.3. The first kappa shape index (κ1) is 19.7. The third-order valence-electron chi connectivity index (χ3n) is 2.95. The van der Waals surface area contributed by atoms with Crippen LogP contribution < -0.4 is 25.6 Å². The quantitative estimate of drug-likeness (QED) is 0.535. The Hall–Kier alpha value is -2.32. The third-order valence-corrected chi connectivity index (χ3v) is 3.19. The number of methoxy groups -OCH3 is 1. The molecule has 0 saturated carbocycles. The molecule has 1 rings (SSSR count). The number of hydrogen-bond donors (Lipinski definition) is 4. The molecule has 0 aliphatic rings. The maximum Gasteiger partial charge on any atom is 0.321 e. The van der Waals surface area contributed by atoms with E-state index in [-0.39, 0.29) is 19.0 Å². The van der Waals surface area contributed by atoms with Gasteiger partial charge in [-0.1, -0.05) is 11.6 Å². The Kier molecular flexibility index (Phi) is 8.00. The van der Waals surface area contributed by atoms with Crippen molar-refractivity contribution in [3.05, 3.63) is 23.2 Å². The number of anilines is 1. The van der Waals surface area contributed by atoms with Crippen molar-refractivity contribution in [1.82, 2.24) is 10.6 Å². The predicted molar refractivity (Wildman–Crippen MR) is 90.5 cm³/mol. The van der Waals surface area contributed by atoms with E-state index in [1.165, 1.54) is 7.11 Å². The highest BCUT2D eigenvalue weighted by Gasteiger charge is 2.17. The molecule has 4 amide bonds. The first-order valence-corrected chi connectivity index (χ1v) is 7.75. The Morgan fingerprint density at radius 1 is 1.21 bits per heavy atom. The van der Waals surface area contributed by atoms with Crippen LogP contribution in [-0.4, -0.2) is 51.6 Å². The van der Waals surface area contributed by atoms with Crippen LogP contribution in [-0.2, 0) is 9.59 Å². The van der Waals surface area contributed by atoms with Gasteiger partial charge in [0.05, 0.1) is 19.8 Å². The molecule has 0 heterocycles. The summed E-state index contributed by atoms with van der Waals surface area (Å²) in [7, 11) is 3.16. The number of hydrogen-bond acceptors (Lipinski definition) is 4. The van der Waals surface area contributed by atoms with E-state index < -0.39 is 11.9 Å². The largest absolute Gasteiger partial charge is 0.495 e. The number of quaternary nitrogens is 1. The highest BCUT2D eigenvalue weighted by Crippen LogP contribution is 2.27. The Morgan fingerprint density at radius 3 is 2.50 bits per heavy atom. The molecule has 1 atom stereocenters. The van der Waals surface area contributed by atoms with Crippen molar-refractivity contribution in [2.75, 3.05) is 39.1 Å². The van der Waals surface area contributed by atoms with Gasteiger partial charge in [-0.15, -0.1) is 0 Å². The number of benzene rings is 1. The van der Waals surface area contributed by atoms with Crippen molar-refractivity contribution in [3.8, 4) is 5.75 Å². The fraction of sp³-hybridized carbons (Fsp3) is 0.400. The molecular weight excluding hydrogens is 336 g/mol. The molecule has 24 heavy (non-hydrogen) atoms. The molecule has 0 saturated heterocycles. The lowest BCUT2D eigenvalue weighted by molar-refractivity contribution is -0.862. The molecule has 0 aliphatic carbocycles. The van der Waals surface area contributed by atoms with Gasteiger partial charge in [-0.3, -0.25) is 14.9 Å². The zero-order chi connectivity index (χ0) is 18.1. The van der Waals surface area contributed by atoms with E-state index in [0.717, 1.165) is 0 Å². The number of imide groups is 1. The molecule has 8 nitrogen and oxygen atoms in total. The first-order chi connectivity index (χ1) is 11.3.